The minimum atomic E-state index is 0.750. The molecule has 2 aliphatic rings. The molecule has 0 unspecified atom stereocenters. The average Bonchev–Trinajstić information content (AvgIpc) is 3.45. The number of hydrogen-bond acceptors (Lipinski definition) is 2. The summed E-state index contributed by atoms with van der Waals surface area (Å²) in [6.07, 6.45) is 13.2. The van der Waals surface area contributed by atoms with Crippen molar-refractivity contribution in [3.05, 3.63) is 45.5 Å². The molecule has 2 nitrogen and oxygen atoms in total. The first-order valence-corrected chi connectivity index (χ1v) is 11.2. The first kappa shape index (κ1) is 27.3. The summed E-state index contributed by atoms with van der Waals surface area (Å²) in [5, 5.41) is 0. The first-order valence-electron chi connectivity index (χ1n) is 11.2. The van der Waals surface area contributed by atoms with Gasteiger partial charge in [0, 0.05) is 0 Å². The van der Waals surface area contributed by atoms with E-state index in [1.54, 1.807) is 16.7 Å². The zero-order valence-electron chi connectivity index (χ0n) is 20.3. The fraction of sp³-hybridized carbons (Fsp3) is 0.593. The van der Waals surface area contributed by atoms with Crippen LogP contribution in [0.15, 0.2) is 12.2 Å². The van der Waals surface area contributed by atoms with E-state index in [0.29, 0.717) is 0 Å². The average molecular weight is 400 g/mol. The number of aldehydes is 1. The highest BCUT2D eigenvalue weighted by Gasteiger charge is 2.25. The lowest BCUT2D eigenvalue weighted by Crippen LogP contribution is -2.00. The lowest BCUT2D eigenvalue weighted by molar-refractivity contribution is -0.106. The third-order valence-corrected chi connectivity index (χ3v) is 5.84. The van der Waals surface area contributed by atoms with Gasteiger partial charge in [0.1, 0.15) is 6.29 Å². The Morgan fingerprint density at radius 1 is 1.10 bits per heavy atom. The summed E-state index contributed by atoms with van der Waals surface area (Å²) in [6, 6.07) is 0. The van der Waals surface area contributed by atoms with E-state index in [4.69, 9.17) is 4.79 Å². The van der Waals surface area contributed by atoms with Gasteiger partial charge in [-0.2, -0.15) is 0 Å². The Morgan fingerprint density at radius 2 is 1.52 bits per heavy atom. The van der Waals surface area contributed by atoms with Crippen molar-refractivity contribution >= 4 is 18.4 Å². The third kappa shape index (κ3) is 8.30. The zero-order chi connectivity index (χ0) is 22.6. The summed E-state index contributed by atoms with van der Waals surface area (Å²) >= 11 is 0. The lowest BCUT2D eigenvalue weighted by Gasteiger charge is -2.17. The highest BCUT2D eigenvalue weighted by atomic mass is 16.1. The molecule has 1 fully saturated rings. The Morgan fingerprint density at radius 3 is 1.86 bits per heavy atom. The summed E-state index contributed by atoms with van der Waals surface area (Å²) in [4.78, 5) is 8.81. The Hall–Kier alpha value is -1.67. The Labute approximate surface area is 180 Å². The molecule has 2 aliphatic carbocycles. The molecule has 29 heavy (non-hydrogen) atoms. The van der Waals surface area contributed by atoms with E-state index in [2.05, 4.69) is 66.0 Å². The summed E-state index contributed by atoms with van der Waals surface area (Å²) in [5.41, 5.74) is 15.1. The molecule has 1 aromatic rings. The van der Waals surface area contributed by atoms with E-state index in [1.165, 1.54) is 74.8 Å². The second-order valence-corrected chi connectivity index (χ2v) is 8.29. The van der Waals surface area contributed by atoms with Gasteiger partial charge in [-0.25, -0.2) is 0 Å². The Kier molecular flexibility index (Phi) is 13.5. The van der Waals surface area contributed by atoms with Crippen LogP contribution in [-0.4, -0.2) is 13.3 Å². The topological polar surface area (TPSA) is 43.1 Å². The van der Waals surface area contributed by atoms with Crippen LogP contribution in [0.25, 0.3) is 12.2 Å². The zero-order valence-corrected chi connectivity index (χ0v) is 20.3. The van der Waals surface area contributed by atoms with E-state index in [-0.39, 0.29) is 0 Å². The van der Waals surface area contributed by atoms with Gasteiger partial charge in [-0.3, -0.25) is 0 Å². The molecule has 0 atom stereocenters. The van der Waals surface area contributed by atoms with Crippen LogP contribution in [0.4, 0.5) is 0 Å². The normalized spacial score (nSPS) is 14.5. The van der Waals surface area contributed by atoms with Crippen LogP contribution in [0.3, 0.4) is 0 Å². The van der Waals surface area contributed by atoms with Gasteiger partial charge in [0.2, 0.25) is 0 Å². The molecule has 0 spiro atoms. The second-order valence-electron chi connectivity index (χ2n) is 8.29. The Balaban J connectivity index is 0.000000667. The molecule has 0 radical (unpaired) electrons. The molecule has 1 saturated carbocycles. The van der Waals surface area contributed by atoms with Crippen LogP contribution in [0, 0.1) is 25.7 Å². The standard InChI is InChI=1S/C19H24.C5H12.C2H4O.CH5N/c1-5-16-13(3)17-7-6-8-18(17)14(4)19(16)11-12(2)15-9-10-15;1-4-5(2)3;1-2-3;1-2/h5,11,15H,1,6-10H2,2-4H3;5H,4H2,1-3H3;2H,1H3;2H2,1H3/b12-11+;;;. The van der Waals surface area contributed by atoms with Crippen LogP contribution in [0.5, 0.6) is 0 Å². The minimum absolute atomic E-state index is 0.750. The largest absolute Gasteiger partial charge is 0.333 e. The molecule has 0 amide bonds. The summed E-state index contributed by atoms with van der Waals surface area (Å²) in [5.74, 6) is 1.74. The molecule has 2 N–H and O–H groups in total. The molecular weight excluding hydrogens is 354 g/mol. The highest BCUT2D eigenvalue weighted by molar-refractivity contribution is 5.74. The molecule has 164 valence electrons. The van der Waals surface area contributed by atoms with Crippen molar-refractivity contribution in [1.82, 2.24) is 0 Å². The number of allylic oxidation sites excluding steroid dienone is 1. The molecule has 0 saturated heterocycles. The minimum Gasteiger partial charge on any atom is -0.333 e. The van der Waals surface area contributed by atoms with Crippen LogP contribution >= 0.6 is 0 Å². The molecule has 2 heteroatoms. The van der Waals surface area contributed by atoms with Crippen molar-refractivity contribution in [2.75, 3.05) is 7.05 Å². The quantitative estimate of drug-likeness (QED) is 0.550. The molecular formula is C27H45NO. The van der Waals surface area contributed by atoms with E-state index in [9.17, 15) is 0 Å². The number of benzene rings is 1. The third-order valence-electron chi connectivity index (χ3n) is 5.84. The Bertz CT molecular complexity index is 679. The van der Waals surface area contributed by atoms with Gasteiger partial charge < -0.3 is 10.5 Å². The SMILES string of the molecule is C=Cc1c(C)c2c(c(C)c1/C=C(\C)C1CC1)CCC2.CC=O.CCC(C)C.CN. The molecule has 3 rings (SSSR count). The maximum absolute atomic E-state index is 8.81. The summed E-state index contributed by atoms with van der Waals surface area (Å²) in [6.45, 7) is 19.0. The van der Waals surface area contributed by atoms with Crippen molar-refractivity contribution < 1.29 is 4.79 Å². The smallest absolute Gasteiger partial charge is 0.116 e. The van der Waals surface area contributed by atoms with E-state index in [0.717, 1.165) is 18.1 Å². The maximum Gasteiger partial charge on any atom is 0.116 e. The predicted molar refractivity (Wildman–Crippen MR) is 131 cm³/mol. The molecule has 0 aromatic heterocycles. The van der Waals surface area contributed by atoms with Gasteiger partial charge in [0.25, 0.3) is 0 Å². The fourth-order valence-electron chi connectivity index (χ4n) is 3.63. The van der Waals surface area contributed by atoms with E-state index in [1.807, 2.05) is 0 Å². The molecule has 0 heterocycles. The molecule has 1 aromatic carbocycles. The fourth-order valence-corrected chi connectivity index (χ4v) is 3.63. The monoisotopic (exact) mass is 399 g/mol. The van der Waals surface area contributed by atoms with Crippen molar-refractivity contribution in [2.24, 2.45) is 17.6 Å². The second kappa shape index (κ2) is 14.3. The van der Waals surface area contributed by atoms with Crippen molar-refractivity contribution in [1.29, 1.82) is 0 Å². The van der Waals surface area contributed by atoms with Gasteiger partial charge in [-0.05, 0) is 112 Å². The number of fused-ring (bicyclic) bond motifs is 1. The number of hydrogen-bond donors (Lipinski definition) is 1. The van der Waals surface area contributed by atoms with E-state index < -0.39 is 0 Å². The van der Waals surface area contributed by atoms with Crippen LogP contribution in [0.2, 0.25) is 0 Å². The number of carbonyl (C=O) groups is 1. The van der Waals surface area contributed by atoms with Crippen LogP contribution in [-0.2, 0) is 17.6 Å². The van der Waals surface area contributed by atoms with Crippen molar-refractivity contribution in [2.45, 2.75) is 87.0 Å². The summed E-state index contributed by atoms with van der Waals surface area (Å²) in [7, 11) is 1.50. The van der Waals surface area contributed by atoms with Gasteiger partial charge in [0.15, 0.2) is 0 Å². The van der Waals surface area contributed by atoms with Crippen LogP contribution in [0.1, 0.15) is 93.7 Å². The lowest BCUT2D eigenvalue weighted by atomic mass is 9.88. The van der Waals surface area contributed by atoms with Crippen LogP contribution < -0.4 is 5.73 Å². The summed E-state index contributed by atoms with van der Waals surface area (Å²) < 4.78 is 0. The van der Waals surface area contributed by atoms with E-state index >= 15 is 0 Å². The number of nitrogens with two attached hydrogens (primary N) is 1. The molecule has 0 bridgehead atoms. The van der Waals surface area contributed by atoms with Gasteiger partial charge >= 0.3 is 0 Å². The highest BCUT2D eigenvalue weighted by Crippen LogP contribution is 2.40. The molecule has 0 aliphatic heterocycles. The van der Waals surface area contributed by atoms with Gasteiger partial charge in [-0.1, -0.05) is 51.5 Å². The first-order chi connectivity index (χ1) is 13.8. The van der Waals surface area contributed by atoms with Crippen molar-refractivity contribution in [3.63, 3.8) is 0 Å². The van der Waals surface area contributed by atoms with Gasteiger partial charge in [-0.15, -0.1) is 0 Å². The number of carbonyl (C=O) groups excluding carboxylic acids is 1. The number of rotatable bonds is 4. The maximum atomic E-state index is 8.81. The van der Waals surface area contributed by atoms with Crippen molar-refractivity contribution in [3.8, 4) is 0 Å². The predicted octanol–water partition coefficient (Wildman–Crippen LogP) is 7.08. The van der Waals surface area contributed by atoms with Gasteiger partial charge in [0.05, 0.1) is 0 Å².